The van der Waals surface area contributed by atoms with Crippen LogP contribution in [0.3, 0.4) is 0 Å². The predicted octanol–water partition coefficient (Wildman–Crippen LogP) is 6.23. The van der Waals surface area contributed by atoms with Gasteiger partial charge in [-0.05, 0) is 28.7 Å². The molecule has 6 heteroatoms. The topological polar surface area (TPSA) is 64.6 Å². The molecule has 0 aromatic heterocycles. The van der Waals surface area contributed by atoms with Gasteiger partial charge in [0.15, 0.2) is 5.78 Å². The molecular formula is C31H32NO4P. The van der Waals surface area contributed by atoms with Gasteiger partial charge in [-0.2, -0.15) is 0 Å². The van der Waals surface area contributed by atoms with Crippen molar-refractivity contribution in [1.29, 1.82) is 0 Å². The minimum Gasteiger partial charge on any atom is -0.312 e. The molecule has 0 fully saturated rings. The molecule has 0 aliphatic carbocycles. The van der Waals surface area contributed by atoms with E-state index in [2.05, 4.69) is 41.7 Å². The van der Waals surface area contributed by atoms with Crippen LogP contribution in [0.4, 0.5) is 0 Å². The Balaban J connectivity index is 1.89. The van der Waals surface area contributed by atoms with Gasteiger partial charge < -0.3 is 9.05 Å². The lowest BCUT2D eigenvalue weighted by Gasteiger charge is -2.40. The van der Waals surface area contributed by atoms with Crippen molar-refractivity contribution >= 4 is 13.4 Å². The molecule has 4 aromatic carbocycles. The van der Waals surface area contributed by atoms with Gasteiger partial charge in [0.25, 0.3) is 0 Å². The van der Waals surface area contributed by atoms with E-state index in [1.807, 2.05) is 84.9 Å². The predicted molar refractivity (Wildman–Crippen MR) is 148 cm³/mol. The normalized spacial score (nSPS) is 12.7. The van der Waals surface area contributed by atoms with E-state index in [0.717, 1.165) is 22.3 Å². The third kappa shape index (κ3) is 6.15. The Bertz CT molecular complexity index is 1210. The number of rotatable bonds is 12. The molecule has 0 heterocycles. The van der Waals surface area contributed by atoms with E-state index in [1.54, 1.807) is 0 Å². The molecule has 4 rings (SSSR count). The molecule has 0 saturated carbocycles. The van der Waals surface area contributed by atoms with Crippen LogP contribution in [0.1, 0.15) is 22.3 Å². The third-order valence-corrected chi connectivity index (χ3v) is 8.40. The van der Waals surface area contributed by atoms with Crippen LogP contribution in [-0.4, -0.2) is 32.2 Å². The van der Waals surface area contributed by atoms with Gasteiger partial charge in [-0.1, -0.05) is 121 Å². The number of carbonyl (C=O) groups excluding carboxylic acids is 1. The van der Waals surface area contributed by atoms with Crippen molar-refractivity contribution in [3.63, 3.8) is 0 Å². The average molecular weight is 514 g/mol. The molecule has 0 radical (unpaired) electrons. The molecule has 0 aliphatic heterocycles. The van der Waals surface area contributed by atoms with Gasteiger partial charge in [-0.3, -0.25) is 14.7 Å². The Morgan fingerprint density at radius 2 is 1.08 bits per heavy atom. The van der Waals surface area contributed by atoms with Crippen molar-refractivity contribution in [2.75, 3.05) is 20.4 Å². The SMILES string of the molecule is COP(=O)(CC(=O)[C@H](Cc1ccccc1)NC(c1ccccc1)(c1ccccc1)c1ccccc1)OC. The summed E-state index contributed by atoms with van der Waals surface area (Å²) < 4.78 is 23.3. The van der Waals surface area contributed by atoms with Crippen molar-refractivity contribution in [3.8, 4) is 0 Å². The highest BCUT2D eigenvalue weighted by atomic mass is 31.2. The van der Waals surface area contributed by atoms with Crippen LogP contribution in [0.25, 0.3) is 0 Å². The lowest BCUT2D eigenvalue weighted by Crippen LogP contribution is -2.54. The van der Waals surface area contributed by atoms with Crippen molar-refractivity contribution in [3.05, 3.63) is 144 Å². The van der Waals surface area contributed by atoms with Gasteiger partial charge in [0.2, 0.25) is 0 Å². The zero-order valence-corrected chi connectivity index (χ0v) is 22.0. The van der Waals surface area contributed by atoms with Crippen LogP contribution in [0.2, 0.25) is 0 Å². The first-order valence-corrected chi connectivity index (χ1v) is 13.9. The summed E-state index contributed by atoms with van der Waals surface area (Å²) in [6.45, 7) is 0. The van der Waals surface area contributed by atoms with Gasteiger partial charge in [0, 0.05) is 14.2 Å². The van der Waals surface area contributed by atoms with Gasteiger partial charge in [0.1, 0.15) is 6.16 Å². The highest BCUT2D eigenvalue weighted by molar-refractivity contribution is 7.54. The largest absolute Gasteiger partial charge is 0.337 e. The Morgan fingerprint density at radius 3 is 1.46 bits per heavy atom. The Labute approximate surface area is 219 Å². The summed E-state index contributed by atoms with van der Waals surface area (Å²) in [5, 5.41) is 3.75. The van der Waals surface area contributed by atoms with Crippen molar-refractivity contribution in [1.82, 2.24) is 5.32 Å². The van der Waals surface area contributed by atoms with Crippen molar-refractivity contribution in [2.45, 2.75) is 18.0 Å². The first-order chi connectivity index (χ1) is 18.0. The fourth-order valence-electron chi connectivity index (χ4n) is 4.68. The number of hydrogen-bond acceptors (Lipinski definition) is 5. The number of nitrogens with one attached hydrogen (secondary N) is 1. The van der Waals surface area contributed by atoms with Gasteiger partial charge in [-0.25, -0.2) is 0 Å². The monoisotopic (exact) mass is 513 g/mol. The summed E-state index contributed by atoms with van der Waals surface area (Å²) in [6, 6.07) is 39.4. The molecule has 0 unspecified atom stereocenters. The zero-order valence-electron chi connectivity index (χ0n) is 21.1. The van der Waals surface area contributed by atoms with E-state index in [4.69, 9.17) is 9.05 Å². The van der Waals surface area contributed by atoms with Gasteiger partial charge in [0.05, 0.1) is 11.6 Å². The molecule has 0 saturated heterocycles. The second kappa shape index (κ2) is 12.3. The fourth-order valence-corrected chi connectivity index (χ4v) is 5.69. The Hall–Kier alpha value is -3.34. The van der Waals surface area contributed by atoms with Crippen LogP contribution >= 0.6 is 7.60 Å². The standard InChI is InChI=1S/C31H32NO4P/c1-35-37(34,36-2)24-30(33)29(23-25-15-7-3-8-16-25)32-31(26-17-9-4-10-18-26,27-19-11-5-12-20-27)28-21-13-6-14-22-28/h3-22,29,32H,23-24H2,1-2H3/t29-/m0/s1. The molecular weight excluding hydrogens is 481 g/mol. The number of ketones is 1. The lowest BCUT2D eigenvalue weighted by atomic mass is 9.76. The molecule has 37 heavy (non-hydrogen) atoms. The van der Waals surface area contributed by atoms with Crippen molar-refractivity contribution < 1.29 is 18.4 Å². The van der Waals surface area contributed by atoms with Crippen molar-refractivity contribution in [2.24, 2.45) is 0 Å². The highest BCUT2D eigenvalue weighted by Gasteiger charge is 2.41. The molecule has 190 valence electrons. The molecule has 5 nitrogen and oxygen atoms in total. The Kier molecular flexibility index (Phi) is 8.86. The summed E-state index contributed by atoms with van der Waals surface area (Å²) >= 11 is 0. The average Bonchev–Trinajstić information content (AvgIpc) is 2.97. The number of Topliss-reactive ketones (excluding diaryl/α,β-unsaturated/α-hetero) is 1. The zero-order chi connectivity index (χ0) is 26.1. The maximum atomic E-state index is 13.9. The van der Waals surface area contributed by atoms with Gasteiger partial charge >= 0.3 is 7.60 Å². The minimum atomic E-state index is -3.57. The number of hydrogen-bond donors (Lipinski definition) is 1. The molecule has 0 spiro atoms. The van der Waals surface area contributed by atoms with E-state index in [-0.39, 0.29) is 11.9 Å². The second-order valence-electron chi connectivity index (χ2n) is 8.84. The van der Waals surface area contributed by atoms with Gasteiger partial charge in [-0.15, -0.1) is 0 Å². The second-order valence-corrected chi connectivity index (χ2v) is 11.1. The molecule has 1 atom stereocenters. The molecule has 0 aliphatic rings. The van der Waals surface area contributed by atoms with E-state index in [0.29, 0.717) is 6.42 Å². The quantitative estimate of drug-likeness (QED) is 0.180. The Morgan fingerprint density at radius 1 is 0.703 bits per heavy atom. The summed E-state index contributed by atoms with van der Waals surface area (Å²) in [5.74, 6) is -0.247. The summed E-state index contributed by atoms with van der Waals surface area (Å²) in [5.41, 5.74) is 3.09. The van der Waals surface area contributed by atoms with Crippen LogP contribution in [0.5, 0.6) is 0 Å². The van der Waals surface area contributed by atoms with E-state index < -0.39 is 19.2 Å². The lowest BCUT2D eigenvalue weighted by molar-refractivity contribution is -0.119. The van der Waals surface area contributed by atoms with E-state index in [1.165, 1.54) is 14.2 Å². The van der Waals surface area contributed by atoms with Crippen LogP contribution in [0.15, 0.2) is 121 Å². The molecule has 1 N–H and O–H groups in total. The van der Waals surface area contributed by atoms with E-state index >= 15 is 0 Å². The van der Waals surface area contributed by atoms with Crippen LogP contribution < -0.4 is 5.32 Å². The molecule has 0 bridgehead atoms. The van der Waals surface area contributed by atoms with Crippen LogP contribution in [0, 0.1) is 0 Å². The number of benzene rings is 4. The maximum Gasteiger partial charge on any atom is 0.337 e. The summed E-state index contributed by atoms with van der Waals surface area (Å²) in [6.07, 6.45) is 0.0697. The minimum absolute atomic E-state index is 0.247. The first-order valence-electron chi connectivity index (χ1n) is 12.2. The first kappa shape index (κ1) is 26.7. The maximum absolute atomic E-state index is 13.9. The summed E-state index contributed by atoms with van der Waals surface area (Å²) in [7, 11) is -0.957. The smallest absolute Gasteiger partial charge is 0.312 e. The summed E-state index contributed by atoms with van der Waals surface area (Å²) in [4.78, 5) is 13.9. The fraction of sp³-hybridized carbons (Fsp3) is 0.194. The number of carbonyl (C=O) groups is 1. The van der Waals surface area contributed by atoms with E-state index in [9.17, 15) is 9.36 Å². The molecule has 0 amide bonds. The highest BCUT2D eigenvalue weighted by Crippen LogP contribution is 2.46. The third-order valence-electron chi connectivity index (χ3n) is 6.59. The van der Waals surface area contributed by atoms with Crippen LogP contribution in [-0.2, 0) is 30.4 Å². The molecule has 4 aromatic rings.